The molecule has 27 heavy (non-hydrogen) atoms. The van der Waals surface area contributed by atoms with Crippen LogP contribution in [0, 0.1) is 0 Å². The second-order valence-corrected chi connectivity index (χ2v) is 6.30. The van der Waals surface area contributed by atoms with Crippen molar-refractivity contribution in [2.45, 2.75) is 0 Å². The SMILES string of the molecule is COc1ccc(C(=O)/C=C/c2ccc(OCCN3CCOCC3)cc2)cc1. The number of ether oxygens (including phenoxy) is 3. The van der Waals surface area contributed by atoms with Gasteiger partial charge in [0.05, 0.1) is 20.3 Å². The number of carbonyl (C=O) groups excluding carboxylic acids is 1. The Balaban J connectivity index is 1.47. The van der Waals surface area contributed by atoms with Crippen molar-refractivity contribution in [3.8, 4) is 11.5 Å². The minimum atomic E-state index is -0.0384. The molecular formula is C22H25NO4. The zero-order valence-electron chi connectivity index (χ0n) is 15.6. The Labute approximate surface area is 160 Å². The van der Waals surface area contributed by atoms with Gasteiger partial charge in [0.25, 0.3) is 0 Å². The van der Waals surface area contributed by atoms with Gasteiger partial charge in [0.15, 0.2) is 5.78 Å². The second kappa shape index (κ2) is 9.90. The Kier molecular flexibility index (Phi) is 7.02. The van der Waals surface area contributed by atoms with E-state index in [2.05, 4.69) is 4.90 Å². The number of benzene rings is 2. The minimum absolute atomic E-state index is 0.0384. The zero-order chi connectivity index (χ0) is 18.9. The van der Waals surface area contributed by atoms with Crippen molar-refractivity contribution in [3.63, 3.8) is 0 Å². The van der Waals surface area contributed by atoms with Crippen molar-refractivity contribution >= 4 is 11.9 Å². The van der Waals surface area contributed by atoms with Crippen LogP contribution in [-0.2, 0) is 4.74 Å². The third kappa shape index (κ3) is 5.94. The van der Waals surface area contributed by atoms with Crippen molar-refractivity contribution < 1.29 is 19.0 Å². The molecule has 0 unspecified atom stereocenters. The summed E-state index contributed by atoms with van der Waals surface area (Å²) >= 11 is 0. The number of morpholine rings is 1. The molecule has 1 heterocycles. The van der Waals surface area contributed by atoms with Gasteiger partial charge in [0.2, 0.25) is 0 Å². The van der Waals surface area contributed by atoms with Crippen molar-refractivity contribution in [3.05, 3.63) is 65.7 Å². The van der Waals surface area contributed by atoms with E-state index in [-0.39, 0.29) is 5.78 Å². The van der Waals surface area contributed by atoms with E-state index in [0.717, 1.165) is 49.9 Å². The molecule has 0 atom stereocenters. The van der Waals surface area contributed by atoms with Crippen LogP contribution in [0.1, 0.15) is 15.9 Å². The average Bonchev–Trinajstić information content (AvgIpc) is 2.74. The van der Waals surface area contributed by atoms with E-state index in [1.165, 1.54) is 0 Å². The lowest BCUT2D eigenvalue weighted by Gasteiger charge is -2.26. The number of hydrogen-bond donors (Lipinski definition) is 0. The quantitative estimate of drug-likeness (QED) is 0.529. The first-order valence-electron chi connectivity index (χ1n) is 9.14. The van der Waals surface area contributed by atoms with E-state index >= 15 is 0 Å². The average molecular weight is 367 g/mol. The molecule has 0 spiro atoms. The molecule has 5 nitrogen and oxygen atoms in total. The fraction of sp³-hybridized carbons (Fsp3) is 0.318. The molecule has 1 aliphatic rings. The van der Waals surface area contributed by atoms with Crippen LogP contribution in [-0.4, -0.2) is 57.2 Å². The molecule has 1 saturated heterocycles. The van der Waals surface area contributed by atoms with Crippen LogP contribution in [0.5, 0.6) is 11.5 Å². The number of rotatable bonds is 8. The smallest absolute Gasteiger partial charge is 0.185 e. The molecule has 1 aliphatic heterocycles. The topological polar surface area (TPSA) is 48.0 Å². The Morgan fingerprint density at radius 2 is 1.70 bits per heavy atom. The first-order chi connectivity index (χ1) is 13.2. The van der Waals surface area contributed by atoms with E-state index in [1.54, 1.807) is 37.5 Å². The van der Waals surface area contributed by atoms with Gasteiger partial charge in [0.1, 0.15) is 18.1 Å². The molecule has 2 aromatic rings. The summed E-state index contributed by atoms with van der Waals surface area (Å²) in [5.41, 5.74) is 1.59. The second-order valence-electron chi connectivity index (χ2n) is 6.30. The van der Waals surface area contributed by atoms with Crippen molar-refractivity contribution in [1.82, 2.24) is 4.90 Å². The molecule has 5 heteroatoms. The Morgan fingerprint density at radius 1 is 1.04 bits per heavy atom. The maximum atomic E-state index is 12.2. The summed E-state index contributed by atoms with van der Waals surface area (Å²) in [7, 11) is 1.60. The van der Waals surface area contributed by atoms with Crippen LogP contribution in [0.4, 0.5) is 0 Å². The Hall–Kier alpha value is -2.63. The lowest BCUT2D eigenvalue weighted by atomic mass is 10.1. The molecule has 0 aliphatic carbocycles. The number of ketones is 1. The fourth-order valence-electron chi connectivity index (χ4n) is 2.82. The summed E-state index contributed by atoms with van der Waals surface area (Å²) in [5.74, 6) is 1.53. The van der Waals surface area contributed by atoms with Crippen molar-refractivity contribution in [2.75, 3.05) is 46.6 Å². The first-order valence-corrected chi connectivity index (χ1v) is 9.14. The highest BCUT2D eigenvalue weighted by molar-refractivity contribution is 6.06. The van der Waals surface area contributed by atoms with Gasteiger partial charge in [-0.1, -0.05) is 18.2 Å². The number of allylic oxidation sites excluding steroid dienone is 1. The molecule has 0 N–H and O–H groups in total. The molecule has 1 fully saturated rings. The summed E-state index contributed by atoms with van der Waals surface area (Å²) in [6.07, 6.45) is 3.39. The van der Waals surface area contributed by atoms with Gasteiger partial charge in [-0.2, -0.15) is 0 Å². The van der Waals surface area contributed by atoms with Crippen LogP contribution >= 0.6 is 0 Å². The number of nitrogens with zero attached hydrogens (tertiary/aromatic N) is 1. The Morgan fingerprint density at radius 3 is 2.37 bits per heavy atom. The summed E-state index contributed by atoms with van der Waals surface area (Å²) in [6.45, 7) is 5.10. The molecule has 0 amide bonds. The number of methoxy groups -OCH3 is 1. The van der Waals surface area contributed by atoms with Gasteiger partial charge in [-0.05, 0) is 48.0 Å². The first kappa shape index (κ1) is 19.1. The highest BCUT2D eigenvalue weighted by Crippen LogP contribution is 2.15. The van der Waals surface area contributed by atoms with Crippen LogP contribution in [0.2, 0.25) is 0 Å². The summed E-state index contributed by atoms with van der Waals surface area (Å²) in [6, 6.07) is 14.8. The highest BCUT2D eigenvalue weighted by Gasteiger charge is 2.09. The molecular weight excluding hydrogens is 342 g/mol. The normalized spacial score (nSPS) is 15.0. The van der Waals surface area contributed by atoms with E-state index < -0.39 is 0 Å². The Bertz CT molecular complexity index is 747. The summed E-state index contributed by atoms with van der Waals surface area (Å²) in [5, 5.41) is 0. The minimum Gasteiger partial charge on any atom is -0.497 e. The summed E-state index contributed by atoms with van der Waals surface area (Å²) < 4.78 is 16.2. The molecule has 3 rings (SSSR count). The van der Waals surface area contributed by atoms with Gasteiger partial charge in [-0.25, -0.2) is 0 Å². The molecule has 0 radical (unpaired) electrons. The lowest BCUT2D eigenvalue weighted by Crippen LogP contribution is -2.38. The third-order valence-electron chi connectivity index (χ3n) is 4.46. The lowest BCUT2D eigenvalue weighted by molar-refractivity contribution is 0.0322. The van der Waals surface area contributed by atoms with Crippen molar-refractivity contribution in [2.24, 2.45) is 0 Å². The largest absolute Gasteiger partial charge is 0.497 e. The van der Waals surface area contributed by atoms with E-state index in [9.17, 15) is 4.79 Å². The van der Waals surface area contributed by atoms with Crippen LogP contribution in [0.15, 0.2) is 54.6 Å². The van der Waals surface area contributed by atoms with Gasteiger partial charge >= 0.3 is 0 Å². The van der Waals surface area contributed by atoms with Crippen LogP contribution in [0.3, 0.4) is 0 Å². The van der Waals surface area contributed by atoms with E-state index in [1.807, 2.05) is 30.3 Å². The predicted molar refractivity (Wildman–Crippen MR) is 106 cm³/mol. The zero-order valence-corrected chi connectivity index (χ0v) is 15.6. The molecule has 0 aromatic heterocycles. The number of hydrogen-bond acceptors (Lipinski definition) is 5. The molecule has 0 saturated carbocycles. The molecule has 2 aromatic carbocycles. The number of carbonyl (C=O) groups is 1. The van der Waals surface area contributed by atoms with Gasteiger partial charge in [0, 0.05) is 25.2 Å². The van der Waals surface area contributed by atoms with Crippen molar-refractivity contribution in [1.29, 1.82) is 0 Å². The maximum absolute atomic E-state index is 12.2. The van der Waals surface area contributed by atoms with Gasteiger partial charge < -0.3 is 14.2 Å². The van der Waals surface area contributed by atoms with E-state index in [0.29, 0.717) is 12.2 Å². The standard InChI is InChI=1S/C22H25NO4/c1-25-20-9-5-19(6-10-20)22(24)11-4-18-2-7-21(8-3-18)27-17-14-23-12-15-26-16-13-23/h2-11H,12-17H2,1H3/b11-4+. The van der Waals surface area contributed by atoms with Gasteiger partial charge in [-0.3, -0.25) is 9.69 Å². The highest BCUT2D eigenvalue weighted by atomic mass is 16.5. The third-order valence-corrected chi connectivity index (χ3v) is 4.46. The van der Waals surface area contributed by atoms with Crippen LogP contribution < -0.4 is 9.47 Å². The monoisotopic (exact) mass is 367 g/mol. The molecule has 142 valence electrons. The molecule has 0 bridgehead atoms. The fourth-order valence-corrected chi connectivity index (χ4v) is 2.82. The van der Waals surface area contributed by atoms with E-state index in [4.69, 9.17) is 14.2 Å². The predicted octanol–water partition coefficient (Wildman–Crippen LogP) is 3.30. The summed E-state index contributed by atoms with van der Waals surface area (Å²) in [4.78, 5) is 14.5. The van der Waals surface area contributed by atoms with Gasteiger partial charge in [-0.15, -0.1) is 0 Å². The maximum Gasteiger partial charge on any atom is 0.185 e. The van der Waals surface area contributed by atoms with Crippen LogP contribution in [0.25, 0.3) is 6.08 Å².